The van der Waals surface area contributed by atoms with Gasteiger partial charge in [-0.3, -0.25) is 14.6 Å². The standard InChI is InChI=1S/C27H32N4O4/c1-4-35-26(33)23-22(29(3)27(34)28-24(23)21-12-8-9-19(2)17-21)18-30-13-15-31(16-14-30)25(32)20-10-6-5-7-11-20/h5-12,17,24H,4,13-16,18H2,1-3H3,(H,28,34)/t24-/m1/s1. The van der Waals surface area contributed by atoms with Gasteiger partial charge in [-0.05, 0) is 31.5 Å². The summed E-state index contributed by atoms with van der Waals surface area (Å²) in [4.78, 5) is 44.4. The molecule has 1 fully saturated rings. The van der Waals surface area contributed by atoms with Crippen LogP contribution in [0.2, 0.25) is 0 Å². The molecule has 1 atom stereocenters. The Kier molecular flexibility index (Phi) is 7.51. The first kappa shape index (κ1) is 24.5. The molecule has 2 aromatic rings. The normalized spacial score (nSPS) is 18.9. The Morgan fingerprint density at radius 2 is 1.74 bits per heavy atom. The summed E-state index contributed by atoms with van der Waals surface area (Å²) in [7, 11) is 1.67. The molecule has 35 heavy (non-hydrogen) atoms. The van der Waals surface area contributed by atoms with Gasteiger partial charge in [0.15, 0.2) is 0 Å². The topological polar surface area (TPSA) is 82.2 Å². The van der Waals surface area contributed by atoms with E-state index in [9.17, 15) is 14.4 Å². The lowest BCUT2D eigenvalue weighted by atomic mass is 9.93. The molecule has 2 aliphatic heterocycles. The molecule has 184 valence electrons. The Balaban J connectivity index is 1.57. The van der Waals surface area contributed by atoms with Crippen molar-refractivity contribution < 1.29 is 19.1 Å². The maximum Gasteiger partial charge on any atom is 0.338 e. The molecule has 0 aromatic heterocycles. The number of rotatable bonds is 6. The lowest BCUT2D eigenvalue weighted by molar-refractivity contribution is -0.139. The summed E-state index contributed by atoms with van der Waals surface area (Å²) in [6.07, 6.45) is 0. The van der Waals surface area contributed by atoms with Crippen molar-refractivity contribution in [1.82, 2.24) is 20.0 Å². The van der Waals surface area contributed by atoms with Crippen molar-refractivity contribution in [3.63, 3.8) is 0 Å². The van der Waals surface area contributed by atoms with Gasteiger partial charge in [0.05, 0.1) is 18.2 Å². The highest BCUT2D eigenvalue weighted by atomic mass is 16.5. The summed E-state index contributed by atoms with van der Waals surface area (Å²) >= 11 is 0. The van der Waals surface area contributed by atoms with Crippen LogP contribution in [0.25, 0.3) is 0 Å². The van der Waals surface area contributed by atoms with E-state index >= 15 is 0 Å². The number of hydrogen-bond donors (Lipinski definition) is 1. The quantitative estimate of drug-likeness (QED) is 0.649. The molecule has 4 rings (SSSR count). The predicted molar refractivity (Wildman–Crippen MR) is 133 cm³/mol. The molecule has 0 unspecified atom stereocenters. The highest BCUT2D eigenvalue weighted by Crippen LogP contribution is 2.32. The van der Waals surface area contributed by atoms with Crippen LogP contribution in [0.5, 0.6) is 0 Å². The van der Waals surface area contributed by atoms with Crippen molar-refractivity contribution in [2.75, 3.05) is 46.4 Å². The van der Waals surface area contributed by atoms with Gasteiger partial charge in [-0.1, -0.05) is 48.0 Å². The molecule has 2 aromatic carbocycles. The number of aryl methyl sites for hydroxylation is 1. The van der Waals surface area contributed by atoms with Crippen molar-refractivity contribution >= 4 is 17.9 Å². The molecule has 2 aliphatic rings. The van der Waals surface area contributed by atoms with Gasteiger partial charge in [-0.25, -0.2) is 9.59 Å². The Morgan fingerprint density at radius 1 is 1.03 bits per heavy atom. The third kappa shape index (κ3) is 5.38. The maximum absolute atomic E-state index is 13.1. The molecule has 1 N–H and O–H groups in total. The highest BCUT2D eigenvalue weighted by Gasteiger charge is 2.37. The van der Waals surface area contributed by atoms with E-state index in [4.69, 9.17) is 4.74 Å². The molecule has 2 heterocycles. The van der Waals surface area contributed by atoms with E-state index in [-0.39, 0.29) is 18.5 Å². The molecule has 3 amide bonds. The Morgan fingerprint density at radius 3 is 2.40 bits per heavy atom. The summed E-state index contributed by atoms with van der Waals surface area (Å²) in [5, 5.41) is 2.96. The second-order valence-electron chi connectivity index (χ2n) is 8.87. The average molecular weight is 477 g/mol. The third-order valence-corrected chi connectivity index (χ3v) is 6.50. The van der Waals surface area contributed by atoms with Crippen molar-refractivity contribution in [2.24, 2.45) is 0 Å². The number of hydrogen-bond acceptors (Lipinski definition) is 5. The fourth-order valence-corrected chi connectivity index (χ4v) is 4.58. The van der Waals surface area contributed by atoms with Crippen molar-refractivity contribution in [2.45, 2.75) is 19.9 Å². The number of likely N-dealkylation sites (N-methyl/N-ethyl adjacent to an activating group) is 1. The van der Waals surface area contributed by atoms with Crippen LogP contribution >= 0.6 is 0 Å². The number of esters is 1. The van der Waals surface area contributed by atoms with Gasteiger partial charge < -0.3 is 15.0 Å². The third-order valence-electron chi connectivity index (χ3n) is 6.50. The molecule has 0 aliphatic carbocycles. The second kappa shape index (κ2) is 10.7. The zero-order chi connectivity index (χ0) is 24.9. The van der Waals surface area contributed by atoms with Crippen LogP contribution < -0.4 is 5.32 Å². The number of nitrogens with zero attached hydrogens (tertiary/aromatic N) is 3. The predicted octanol–water partition coefficient (Wildman–Crippen LogP) is 2.97. The van der Waals surface area contributed by atoms with E-state index in [2.05, 4.69) is 10.2 Å². The van der Waals surface area contributed by atoms with Crippen LogP contribution in [0.4, 0.5) is 4.79 Å². The monoisotopic (exact) mass is 476 g/mol. The number of carbonyl (C=O) groups is 3. The summed E-state index contributed by atoms with van der Waals surface area (Å²) in [6, 6.07) is 16.2. The Labute approximate surface area is 206 Å². The summed E-state index contributed by atoms with van der Waals surface area (Å²) < 4.78 is 5.42. The van der Waals surface area contributed by atoms with Gasteiger partial charge in [0.2, 0.25) is 0 Å². The molecule has 0 saturated carbocycles. The first-order valence-electron chi connectivity index (χ1n) is 12.0. The van der Waals surface area contributed by atoms with Gasteiger partial charge in [0.25, 0.3) is 5.91 Å². The SMILES string of the molecule is CCOC(=O)C1=C(CN2CCN(C(=O)c3ccccc3)CC2)N(C)C(=O)N[C@@H]1c1cccc(C)c1. The van der Waals surface area contributed by atoms with Gasteiger partial charge in [0, 0.05) is 51.0 Å². The van der Waals surface area contributed by atoms with Gasteiger partial charge in [-0.2, -0.15) is 0 Å². The zero-order valence-corrected chi connectivity index (χ0v) is 20.5. The number of nitrogens with one attached hydrogen (secondary N) is 1. The molecule has 1 saturated heterocycles. The fourth-order valence-electron chi connectivity index (χ4n) is 4.58. The molecular formula is C27H32N4O4. The zero-order valence-electron chi connectivity index (χ0n) is 20.5. The van der Waals surface area contributed by atoms with Crippen molar-refractivity contribution in [1.29, 1.82) is 0 Å². The number of amides is 3. The molecule has 0 radical (unpaired) electrons. The largest absolute Gasteiger partial charge is 0.463 e. The smallest absolute Gasteiger partial charge is 0.338 e. The van der Waals surface area contributed by atoms with E-state index in [1.165, 1.54) is 4.90 Å². The van der Waals surface area contributed by atoms with E-state index < -0.39 is 12.0 Å². The van der Waals surface area contributed by atoms with Crippen LogP contribution in [0, 0.1) is 6.92 Å². The maximum atomic E-state index is 13.1. The fraction of sp³-hybridized carbons (Fsp3) is 0.370. The van der Waals surface area contributed by atoms with Crippen LogP contribution in [-0.4, -0.2) is 79.0 Å². The average Bonchev–Trinajstić information content (AvgIpc) is 2.87. The van der Waals surface area contributed by atoms with Gasteiger partial charge in [-0.15, -0.1) is 0 Å². The molecule has 0 spiro atoms. The van der Waals surface area contributed by atoms with E-state index in [0.717, 1.165) is 11.1 Å². The summed E-state index contributed by atoms with van der Waals surface area (Å²) in [5.41, 5.74) is 3.63. The number of ether oxygens (including phenoxy) is 1. The molecule has 8 nitrogen and oxygen atoms in total. The Hall–Kier alpha value is -3.65. The van der Waals surface area contributed by atoms with Gasteiger partial charge in [0.1, 0.15) is 0 Å². The second-order valence-corrected chi connectivity index (χ2v) is 8.87. The highest BCUT2D eigenvalue weighted by molar-refractivity contribution is 5.95. The molecular weight excluding hydrogens is 444 g/mol. The van der Waals surface area contributed by atoms with Crippen LogP contribution in [-0.2, 0) is 9.53 Å². The summed E-state index contributed by atoms with van der Waals surface area (Å²) in [6.45, 7) is 6.84. The number of carbonyl (C=O) groups excluding carboxylic acids is 3. The minimum atomic E-state index is -0.589. The van der Waals surface area contributed by atoms with Crippen LogP contribution in [0.3, 0.4) is 0 Å². The van der Waals surface area contributed by atoms with E-state index in [1.807, 2.05) is 66.4 Å². The number of piperazine rings is 1. The van der Waals surface area contributed by atoms with Crippen LogP contribution in [0.15, 0.2) is 65.9 Å². The lowest BCUT2D eigenvalue weighted by Crippen LogP contribution is -2.53. The van der Waals surface area contributed by atoms with Gasteiger partial charge >= 0.3 is 12.0 Å². The first-order valence-corrected chi connectivity index (χ1v) is 12.0. The van der Waals surface area contributed by atoms with Crippen LogP contribution in [0.1, 0.15) is 34.5 Å². The van der Waals surface area contributed by atoms with E-state index in [0.29, 0.717) is 49.6 Å². The Bertz CT molecular complexity index is 1120. The first-order chi connectivity index (χ1) is 16.9. The van der Waals surface area contributed by atoms with Crippen molar-refractivity contribution in [3.05, 3.63) is 82.6 Å². The molecule has 0 bridgehead atoms. The number of urea groups is 1. The van der Waals surface area contributed by atoms with Crippen molar-refractivity contribution in [3.8, 4) is 0 Å². The lowest BCUT2D eigenvalue weighted by Gasteiger charge is -2.39. The minimum absolute atomic E-state index is 0.0188. The summed E-state index contributed by atoms with van der Waals surface area (Å²) in [5.74, 6) is -0.413. The molecule has 8 heteroatoms. The van der Waals surface area contributed by atoms with E-state index in [1.54, 1.807) is 14.0 Å². The number of benzene rings is 2. The minimum Gasteiger partial charge on any atom is -0.463 e.